The minimum atomic E-state index is -0.788. The molecule has 0 bridgehead atoms. The number of rotatable bonds is 10. The quantitative estimate of drug-likeness (QED) is 0.430. The Morgan fingerprint density at radius 1 is 1.07 bits per heavy atom. The highest BCUT2D eigenvalue weighted by Crippen LogP contribution is 2.27. The predicted octanol–water partition coefficient (Wildman–Crippen LogP) is 4.94. The Bertz CT molecular complexity index is 707. The number of amides is 1. The molecule has 0 fully saturated rings. The molecule has 1 unspecified atom stereocenters. The first-order chi connectivity index (χ1) is 13.6. The van der Waals surface area contributed by atoms with Crippen molar-refractivity contribution in [3.63, 3.8) is 0 Å². The number of carboxylic acid groups (broad SMARTS) is 1. The summed E-state index contributed by atoms with van der Waals surface area (Å²) < 4.78 is 0. The Kier molecular flexibility index (Phi) is 10.5. The van der Waals surface area contributed by atoms with Crippen LogP contribution in [0, 0.1) is 17.3 Å². The zero-order chi connectivity index (χ0) is 21.9. The summed E-state index contributed by atoms with van der Waals surface area (Å²) in [6.07, 6.45) is 4.39. The number of hydrogen-bond acceptors (Lipinski definition) is 3. The van der Waals surface area contributed by atoms with Gasteiger partial charge in [0.25, 0.3) is 0 Å². The van der Waals surface area contributed by atoms with Crippen molar-refractivity contribution in [1.29, 1.82) is 0 Å². The third-order valence-corrected chi connectivity index (χ3v) is 4.68. The monoisotopic (exact) mass is 401 g/mol. The molecule has 2 N–H and O–H groups in total. The summed E-state index contributed by atoms with van der Waals surface area (Å²) in [5, 5.41) is 19.0. The maximum absolute atomic E-state index is 12.0. The number of benzene rings is 1. The summed E-state index contributed by atoms with van der Waals surface area (Å²) in [4.78, 5) is 24.1. The number of aliphatic carboxylic acids is 1. The second-order valence-corrected chi connectivity index (χ2v) is 8.62. The normalized spacial score (nSPS) is 12.0. The molecule has 0 saturated carbocycles. The average Bonchev–Trinajstić information content (AvgIpc) is 2.62. The lowest BCUT2D eigenvalue weighted by Crippen LogP contribution is -2.28. The molecule has 5 nitrogen and oxygen atoms in total. The van der Waals surface area contributed by atoms with Crippen LogP contribution in [0.25, 0.3) is 0 Å². The minimum Gasteiger partial charge on any atom is -0.481 e. The van der Waals surface area contributed by atoms with Gasteiger partial charge in [0.05, 0.1) is 12.6 Å². The Balaban J connectivity index is 2.58. The third kappa shape index (κ3) is 10.7. The van der Waals surface area contributed by atoms with E-state index in [1.54, 1.807) is 4.90 Å². The molecule has 160 valence electrons. The van der Waals surface area contributed by atoms with Crippen molar-refractivity contribution in [2.24, 2.45) is 5.41 Å². The van der Waals surface area contributed by atoms with Crippen molar-refractivity contribution in [2.45, 2.75) is 78.7 Å². The maximum atomic E-state index is 12.0. The van der Waals surface area contributed by atoms with Crippen LogP contribution in [0.5, 0.6) is 0 Å². The van der Waals surface area contributed by atoms with E-state index in [1.807, 2.05) is 24.3 Å². The van der Waals surface area contributed by atoms with Crippen LogP contribution in [-0.4, -0.2) is 28.6 Å². The van der Waals surface area contributed by atoms with Gasteiger partial charge in [-0.1, -0.05) is 45.2 Å². The molecule has 0 aromatic heterocycles. The second kappa shape index (κ2) is 12.3. The number of nitrogens with zero attached hydrogens (tertiary/aromatic N) is 1. The molecule has 1 rings (SSSR count). The lowest BCUT2D eigenvalue weighted by atomic mass is 9.88. The first-order valence-electron chi connectivity index (χ1n) is 10.3. The fourth-order valence-corrected chi connectivity index (χ4v) is 2.97. The first kappa shape index (κ1) is 24.7. The molecular formula is C24H35NO4. The summed E-state index contributed by atoms with van der Waals surface area (Å²) in [7, 11) is 0. The standard InChI is InChI=1S/C24H35NO4/c1-19(26)25(18-9-7-5-6-8-12-23(28)29)21-15-13-20(14-16-21)22(27)11-10-17-24(2,3)4/h13-16,22,27H,5-6,8,10-12,17-18H2,1-4H3,(H,28,29). The van der Waals surface area contributed by atoms with E-state index in [2.05, 4.69) is 32.6 Å². The zero-order valence-electron chi connectivity index (χ0n) is 18.2. The third-order valence-electron chi connectivity index (χ3n) is 4.68. The fraction of sp³-hybridized carbons (Fsp3) is 0.583. The summed E-state index contributed by atoms with van der Waals surface area (Å²) in [6.45, 7) is 8.39. The molecule has 1 aromatic carbocycles. The van der Waals surface area contributed by atoms with Gasteiger partial charge in [-0.15, -0.1) is 5.92 Å². The SMILES string of the molecule is CC(=O)N(CC#CCCCCC(=O)O)c1ccc(C(O)CCCC(C)(C)C)cc1. The molecule has 0 radical (unpaired) electrons. The number of carboxylic acids is 1. The topological polar surface area (TPSA) is 77.8 Å². The van der Waals surface area contributed by atoms with E-state index < -0.39 is 12.1 Å². The Hall–Kier alpha value is -2.32. The molecular weight excluding hydrogens is 366 g/mol. The van der Waals surface area contributed by atoms with Gasteiger partial charge in [-0.3, -0.25) is 9.59 Å². The fourth-order valence-electron chi connectivity index (χ4n) is 2.97. The number of aliphatic hydroxyl groups excluding tert-OH is 1. The maximum Gasteiger partial charge on any atom is 0.303 e. The molecule has 1 aromatic rings. The van der Waals surface area contributed by atoms with Crippen LogP contribution in [0.1, 0.15) is 84.3 Å². The minimum absolute atomic E-state index is 0.0938. The van der Waals surface area contributed by atoms with Gasteiger partial charge in [-0.25, -0.2) is 0 Å². The molecule has 1 atom stereocenters. The molecule has 0 heterocycles. The Morgan fingerprint density at radius 3 is 2.28 bits per heavy atom. The number of unbranched alkanes of at least 4 members (excludes halogenated alkanes) is 2. The van der Waals surface area contributed by atoms with Crippen LogP contribution < -0.4 is 4.90 Å². The van der Waals surface area contributed by atoms with Gasteiger partial charge in [0.2, 0.25) is 5.91 Å². The lowest BCUT2D eigenvalue weighted by Gasteiger charge is -2.21. The summed E-state index contributed by atoms with van der Waals surface area (Å²) in [6, 6.07) is 7.43. The number of anilines is 1. The Labute approximate surface area is 175 Å². The van der Waals surface area contributed by atoms with Gasteiger partial charge in [-0.2, -0.15) is 0 Å². The molecule has 0 spiro atoms. The van der Waals surface area contributed by atoms with Gasteiger partial charge in [0.15, 0.2) is 0 Å². The lowest BCUT2D eigenvalue weighted by molar-refractivity contribution is -0.137. The van der Waals surface area contributed by atoms with Gasteiger partial charge in [0.1, 0.15) is 0 Å². The van der Waals surface area contributed by atoms with Gasteiger partial charge >= 0.3 is 5.97 Å². The molecule has 1 amide bonds. The number of hydrogen-bond donors (Lipinski definition) is 2. The largest absolute Gasteiger partial charge is 0.481 e. The van der Waals surface area contributed by atoms with Crippen LogP contribution in [0.2, 0.25) is 0 Å². The summed E-state index contributed by atoms with van der Waals surface area (Å²) in [5.41, 5.74) is 1.88. The molecule has 0 saturated heterocycles. The number of aliphatic hydroxyl groups is 1. The van der Waals surface area contributed by atoms with Crippen molar-refractivity contribution in [3.05, 3.63) is 29.8 Å². The highest BCUT2D eigenvalue weighted by Gasteiger charge is 2.14. The average molecular weight is 402 g/mol. The van der Waals surface area contributed by atoms with Gasteiger partial charge in [0, 0.05) is 25.5 Å². The van der Waals surface area contributed by atoms with Crippen molar-refractivity contribution < 1.29 is 19.8 Å². The second-order valence-electron chi connectivity index (χ2n) is 8.62. The van der Waals surface area contributed by atoms with Crippen molar-refractivity contribution in [1.82, 2.24) is 0 Å². The van der Waals surface area contributed by atoms with Crippen molar-refractivity contribution >= 4 is 17.6 Å². The van der Waals surface area contributed by atoms with Gasteiger partial charge < -0.3 is 15.1 Å². The first-order valence-corrected chi connectivity index (χ1v) is 10.3. The van der Waals surface area contributed by atoms with E-state index in [1.165, 1.54) is 6.92 Å². The van der Waals surface area contributed by atoms with Crippen LogP contribution in [0.15, 0.2) is 24.3 Å². The molecule has 0 aliphatic carbocycles. The summed E-state index contributed by atoms with van der Waals surface area (Å²) in [5.74, 6) is 5.11. The van der Waals surface area contributed by atoms with Crippen LogP contribution in [0.4, 0.5) is 5.69 Å². The van der Waals surface area contributed by atoms with E-state index in [0.29, 0.717) is 19.4 Å². The van der Waals surface area contributed by atoms with Crippen molar-refractivity contribution in [3.8, 4) is 11.8 Å². The van der Waals surface area contributed by atoms with Crippen LogP contribution >= 0.6 is 0 Å². The van der Waals surface area contributed by atoms with Gasteiger partial charge in [-0.05, 0) is 48.8 Å². The van der Waals surface area contributed by atoms with E-state index in [-0.39, 0.29) is 17.7 Å². The highest BCUT2D eigenvalue weighted by molar-refractivity contribution is 5.91. The molecule has 29 heavy (non-hydrogen) atoms. The van der Waals surface area contributed by atoms with E-state index in [9.17, 15) is 14.7 Å². The summed E-state index contributed by atoms with van der Waals surface area (Å²) >= 11 is 0. The highest BCUT2D eigenvalue weighted by atomic mass is 16.4. The number of carbonyl (C=O) groups is 2. The molecule has 5 heteroatoms. The van der Waals surface area contributed by atoms with E-state index in [4.69, 9.17) is 5.11 Å². The molecule has 0 aliphatic heterocycles. The number of carbonyl (C=O) groups excluding carboxylic acids is 1. The van der Waals surface area contributed by atoms with Crippen LogP contribution in [0.3, 0.4) is 0 Å². The van der Waals surface area contributed by atoms with E-state index in [0.717, 1.165) is 36.9 Å². The smallest absolute Gasteiger partial charge is 0.303 e. The van der Waals surface area contributed by atoms with Crippen LogP contribution in [-0.2, 0) is 9.59 Å². The van der Waals surface area contributed by atoms with E-state index >= 15 is 0 Å². The zero-order valence-corrected chi connectivity index (χ0v) is 18.2. The van der Waals surface area contributed by atoms with Crippen molar-refractivity contribution in [2.75, 3.05) is 11.4 Å². The predicted molar refractivity (Wildman–Crippen MR) is 117 cm³/mol. The Morgan fingerprint density at radius 2 is 1.72 bits per heavy atom. The molecule has 0 aliphatic rings.